The van der Waals surface area contributed by atoms with Gasteiger partial charge in [-0.05, 0) is 60.8 Å². The second-order valence-corrected chi connectivity index (χ2v) is 6.18. The molecule has 0 bridgehead atoms. The zero-order valence-corrected chi connectivity index (χ0v) is 11.0. The summed E-state index contributed by atoms with van der Waals surface area (Å²) < 4.78 is 26.3. The van der Waals surface area contributed by atoms with E-state index in [0.29, 0.717) is 12.5 Å². The molecular formula is C15H21F2N. The average molecular weight is 253 g/mol. The van der Waals surface area contributed by atoms with Crippen molar-refractivity contribution >= 4 is 0 Å². The van der Waals surface area contributed by atoms with Gasteiger partial charge < -0.3 is 5.73 Å². The first kappa shape index (κ1) is 13.5. The highest BCUT2D eigenvalue weighted by Crippen LogP contribution is 2.46. The van der Waals surface area contributed by atoms with Crippen molar-refractivity contribution in [2.75, 3.05) is 6.54 Å². The molecule has 2 N–H and O–H groups in total. The average Bonchev–Trinajstić information content (AvgIpc) is 2.32. The van der Waals surface area contributed by atoms with E-state index in [2.05, 4.69) is 13.8 Å². The van der Waals surface area contributed by atoms with E-state index in [-0.39, 0.29) is 11.3 Å². The van der Waals surface area contributed by atoms with Crippen molar-refractivity contribution in [3.8, 4) is 0 Å². The van der Waals surface area contributed by atoms with Gasteiger partial charge in [0.1, 0.15) is 0 Å². The number of hydrogen-bond acceptors (Lipinski definition) is 1. The van der Waals surface area contributed by atoms with Gasteiger partial charge in [0.2, 0.25) is 0 Å². The summed E-state index contributed by atoms with van der Waals surface area (Å²) in [6.07, 6.45) is 3.20. The zero-order chi connectivity index (χ0) is 13.3. The van der Waals surface area contributed by atoms with Crippen LogP contribution < -0.4 is 5.73 Å². The third-order valence-corrected chi connectivity index (χ3v) is 4.21. The number of rotatable bonds is 2. The van der Waals surface area contributed by atoms with Gasteiger partial charge in [0.25, 0.3) is 0 Å². The normalized spacial score (nSPS) is 27.2. The Morgan fingerprint density at radius 3 is 2.61 bits per heavy atom. The molecule has 2 rings (SSSR count). The van der Waals surface area contributed by atoms with Crippen LogP contribution in [0.4, 0.5) is 8.78 Å². The van der Waals surface area contributed by atoms with Gasteiger partial charge in [-0.3, -0.25) is 0 Å². The maximum Gasteiger partial charge on any atom is 0.159 e. The molecular weight excluding hydrogens is 232 g/mol. The molecule has 0 heterocycles. The predicted molar refractivity (Wildman–Crippen MR) is 69.3 cm³/mol. The van der Waals surface area contributed by atoms with Crippen LogP contribution in [0.3, 0.4) is 0 Å². The lowest BCUT2D eigenvalue weighted by Crippen LogP contribution is -2.32. The Hall–Kier alpha value is -0.960. The van der Waals surface area contributed by atoms with E-state index in [0.717, 1.165) is 24.8 Å². The molecule has 0 aromatic heterocycles. The largest absolute Gasteiger partial charge is 0.330 e. The second-order valence-electron chi connectivity index (χ2n) is 6.18. The zero-order valence-electron chi connectivity index (χ0n) is 11.0. The van der Waals surface area contributed by atoms with E-state index in [9.17, 15) is 8.78 Å². The fourth-order valence-corrected chi connectivity index (χ4v) is 3.06. The maximum absolute atomic E-state index is 13.4. The molecule has 1 aromatic carbocycles. The lowest BCUT2D eigenvalue weighted by molar-refractivity contribution is 0.165. The summed E-state index contributed by atoms with van der Waals surface area (Å²) in [6, 6.07) is 4.26. The van der Waals surface area contributed by atoms with Gasteiger partial charge in [0.15, 0.2) is 11.6 Å². The topological polar surface area (TPSA) is 26.0 Å². The van der Waals surface area contributed by atoms with Gasteiger partial charge in [0, 0.05) is 0 Å². The molecule has 0 amide bonds. The molecule has 1 fully saturated rings. The molecule has 0 saturated heterocycles. The van der Waals surface area contributed by atoms with Crippen molar-refractivity contribution in [3.05, 3.63) is 35.4 Å². The summed E-state index contributed by atoms with van der Waals surface area (Å²) in [4.78, 5) is 0. The molecule has 1 aliphatic rings. The standard InChI is InChI=1S/C15H21F2N/c1-15(2)6-5-11(9-18)12(8-15)10-3-4-13(16)14(17)7-10/h3-4,7,11-12H,5-6,8-9,18H2,1-2H3. The van der Waals surface area contributed by atoms with E-state index in [1.807, 2.05) is 0 Å². The van der Waals surface area contributed by atoms with Crippen LogP contribution in [0.1, 0.15) is 44.6 Å². The molecule has 0 aliphatic heterocycles. The second kappa shape index (κ2) is 4.96. The van der Waals surface area contributed by atoms with Gasteiger partial charge >= 0.3 is 0 Å². The molecule has 3 heteroatoms. The summed E-state index contributed by atoms with van der Waals surface area (Å²) in [6.45, 7) is 5.07. The quantitative estimate of drug-likeness (QED) is 0.851. The van der Waals surface area contributed by atoms with Crippen molar-refractivity contribution in [2.45, 2.75) is 39.0 Å². The number of hydrogen-bond donors (Lipinski definition) is 1. The first-order valence-corrected chi connectivity index (χ1v) is 6.58. The summed E-state index contributed by atoms with van der Waals surface area (Å²) in [5.74, 6) is -0.915. The van der Waals surface area contributed by atoms with Gasteiger partial charge in [-0.25, -0.2) is 8.78 Å². The van der Waals surface area contributed by atoms with Crippen molar-refractivity contribution in [1.29, 1.82) is 0 Å². The van der Waals surface area contributed by atoms with Crippen molar-refractivity contribution in [2.24, 2.45) is 17.1 Å². The molecule has 2 atom stereocenters. The molecule has 1 aromatic rings. The lowest BCUT2D eigenvalue weighted by atomic mass is 9.65. The van der Waals surface area contributed by atoms with Crippen LogP contribution in [-0.2, 0) is 0 Å². The van der Waals surface area contributed by atoms with E-state index in [1.54, 1.807) is 6.07 Å². The summed E-state index contributed by atoms with van der Waals surface area (Å²) in [5, 5.41) is 0. The molecule has 100 valence electrons. The van der Waals surface area contributed by atoms with E-state index >= 15 is 0 Å². The Kier molecular flexibility index (Phi) is 3.71. The molecule has 2 unspecified atom stereocenters. The molecule has 1 saturated carbocycles. The molecule has 0 spiro atoms. The Morgan fingerprint density at radius 2 is 2.00 bits per heavy atom. The van der Waals surface area contributed by atoms with Gasteiger partial charge in [-0.1, -0.05) is 19.9 Å². The number of halogens is 2. The van der Waals surface area contributed by atoms with Crippen molar-refractivity contribution in [3.63, 3.8) is 0 Å². The summed E-state index contributed by atoms with van der Waals surface area (Å²) in [5.41, 5.74) is 6.96. The highest BCUT2D eigenvalue weighted by atomic mass is 19.2. The van der Waals surface area contributed by atoms with Crippen LogP contribution in [0.2, 0.25) is 0 Å². The Bertz CT molecular complexity index is 429. The van der Waals surface area contributed by atoms with Gasteiger partial charge in [-0.2, -0.15) is 0 Å². The van der Waals surface area contributed by atoms with Crippen LogP contribution in [-0.4, -0.2) is 6.54 Å². The maximum atomic E-state index is 13.4. The summed E-state index contributed by atoms with van der Waals surface area (Å²) >= 11 is 0. The molecule has 0 radical (unpaired) electrons. The Balaban J connectivity index is 2.29. The monoisotopic (exact) mass is 253 g/mol. The molecule has 1 nitrogen and oxygen atoms in total. The van der Waals surface area contributed by atoms with E-state index in [4.69, 9.17) is 5.73 Å². The minimum Gasteiger partial charge on any atom is -0.330 e. The minimum atomic E-state index is -0.780. The first-order valence-electron chi connectivity index (χ1n) is 6.58. The predicted octanol–water partition coefficient (Wildman–Crippen LogP) is 3.83. The first-order chi connectivity index (χ1) is 8.43. The van der Waals surface area contributed by atoms with Gasteiger partial charge in [0.05, 0.1) is 0 Å². The molecule has 1 aliphatic carbocycles. The fourth-order valence-electron chi connectivity index (χ4n) is 3.06. The Morgan fingerprint density at radius 1 is 1.28 bits per heavy atom. The third kappa shape index (κ3) is 2.72. The number of nitrogens with two attached hydrogens (primary N) is 1. The minimum absolute atomic E-state index is 0.244. The van der Waals surface area contributed by atoms with Crippen LogP contribution in [0.5, 0.6) is 0 Å². The third-order valence-electron chi connectivity index (χ3n) is 4.21. The van der Waals surface area contributed by atoms with E-state index < -0.39 is 11.6 Å². The summed E-state index contributed by atoms with van der Waals surface area (Å²) in [7, 11) is 0. The van der Waals surface area contributed by atoms with Crippen LogP contribution >= 0.6 is 0 Å². The van der Waals surface area contributed by atoms with Crippen LogP contribution in [0.15, 0.2) is 18.2 Å². The van der Waals surface area contributed by atoms with Crippen LogP contribution in [0.25, 0.3) is 0 Å². The highest BCUT2D eigenvalue weighted by molar-refractivity contribution is 5.23. The van der Waals surface area contributed by atoms with E-state index in [1.165, 1.54) is 12.1 Å². The smallest absolute Gasteiger partial charge is 0.159 e. The SMILES string of the molecule is CC1(C)CCC(CN)C(c2ccc(F)c(F)c2)C1. The lowest BCUT2D eigenvalue weighted by Gasteiger charge is -2.40. The van der Waals surface area contributed by atoms with Crippen molar-refractivity contribution < 1.29 is 8.78 Å². The molecule has 18 heavy (non-hydrogen) atoms. The van der Waals surface area contributed by atoms with Crippen LogP contribution in [0, 0.1) is 23.0 Å². The van der Waals surface area contributed by atoms with Crippen molar-refractivity contribution in [1.82, 2.24) is 0 Å². The fraction of sp³-hybridized carbons (Fsp3) is 0.600. The Labute approximate surface area is 107 Å². The highest BCUT2D eigenvalue weighted by Gasteiger charge is 2.35. The number of benzene rings is 1. The van der Waals surface area contributed by atoms with Gasteiger partial charge in [-0.15, -0.1) is 0 Å².